The maximum atomic E-state index is 11.0. The first-order chi connectivity index (χ1) is 7.29. The van der Waals surface area contributed by atoms with Gasteiger partial charge in [-0.15, -0.1) is 0 Å². The van der Waals surface area contributed by atoms with Crippen molar-refractivity contribution in [2.45, 2.75) is 6.04 Å². The normalized spacial score (nSPS) is 21.3. The summed E-state index contributed by atoms with van der Waals surface area (Å²) in [6.07, 6.45) is 3.84. The average Bonchev–Trinajstić information content (AvgIpc) is 2.30. The van der Waals surface area contributed by atoms with E-state index in [2.05, 4.69) is 15.3 Å². The highest BCUT2D eigenvalue weighted by Crippen LogP contribution is 2.20. The molecule has 1 aliphatic rings. The molecule has 1 atom stereocenters. The van der Waals surface area contributed by atoms with E-state index in [1.165, 1.54) is 11.2 Å². The molecule has 0 aliphatic carbocycles. The zero-order chi connectivity index (χ0) is 10.7. The van der Waals surface area contributed by atoms with E-state index < -0.39 is 6.09 Å². The van der Waals surface area contributed by atoms with Gasteiger partial charge < -0.3 is 10.4 Å². The second-order valence-electron chi connectivity index (χ2n) is 3.37. The quantitative estimate of drug-likeness (QED) is 0.684. The Morgan fingerprint density at radius 2 is 2.27 bits per heavy atom. The van der Waals surface area contributed by atoms with Gasteiger partial charge in [0.05, 0.1) is 6.04 Å². The molecule has 6 heteroatoms. The van der Waals surface area contributed by atoms with Crippen molar-refractivity contribution in [3.63, 3.8) is 0 Å². The molecule has 6 nitrogen and oxygen atoms in total. The predicted octanol–water partition coefficient (Wildman–Crippen LogP) is 0.101. The fraction of sp³-hybridized carbons (Fsp3) is 0.444. The Morgan fingerprint density at radius 3 is 2.93 bits per heavy atom. The van der Waals surface area contributed by atoms with Gasteiger partial charge in [-0.3, -0.25) is 4.90 Å². The molecular weight excluding hydrogens is 196 g/mol. The van der Waals surface area contributed by atoms with Gasteiger partial charge in [0.15, 0.2) is 0 Å². The maximum absolute atomic E-state index is 11.0. The third-order valence-corrected chi connectivity index (χ3v) is 2.45. The van der Waals surface area contributed by atoms with Crippen LogP contribution < -0.4 is 5.32 Å². The molecular formula is C9H12N4O2. The number of nitrogens with one attached hydrogen (secondary N) is 1. The minimum atomic E-state index is -0.898. The van der Waals surface area contributed by atoms with Crippen LogP contribution in [-0.4, -0.2) is 45.7 Å². The van der Waals surface area contributed by atoms with Crippen LogP contribution in [0, 0.1) is 0 Å². The molecule has 1 aliphatic heterocycles. The van der Waals surface area contributed by atoms with Crippen LogP contribution in [0.3, 0.4) is 0 Å². The van der Waals surface area contributed by atoms with E-state index in [-0.39, 0.29) is 6.04 Å². The van der Waals surface area contributed by atoms with Gasteiger partial charge in [-0.25, -0.2) is 14.8 Å². The molecule has 0 aromatic carbocycles. The fourth-order valence-corrected chi connectivity index (χ4v) is 1.71. The summed E-state index contributed by atoms with van der Waals surface area (Å²) in [5.74, 6) is 0. The highest BCUT2D eigenvalue weighted by atomic mass is 16.4. The zero-order valence-electron chi connectivity index (χ0n) is 8.13. The van der Waals surface area contributed by atoms with E-state index in [0.29, 0.717) is 19.6 Å². The molecule has 1 amide bonds. The minimum absolute atomic E-state index is 0.183. The van der Waals surface area contributed by atoms with Gasteiger partial charge in [0, 0.05) is 37.6 Å². The number of hydrogen-bond donors (Lipinski definition) is 2. The maximum Gasteiger partial charge on any atom is 0.407 e. The number of piperazine rings is 1. The van der Waals surface area contributed by atoms with Crippen LogP contribution in [0.5, 0.6) is 0 Å². The van der Waals surface area contributed by atoms with Crippen molar-refractivity contribution in [3.05, 3.63) is 24.3 Å². The van der Waals surface area contributed by atoms with E-state index in [9.17, 15) is 4.79 Å². The van der Waals surface area contributed by atoms with E-state index in [1.807, 2.05) is 0 Å². The highest BCUT2D eigenvalue weighted by Gasteiger charge is 2.27. The number of rotatable bonds is 1. The van der Waals surface area contributed by atoms with Gasteiger partial charge in [-0.2, -0.15) is 0 Å². The molecule has 0 radical (unpaired) electrons. The molecule has 1 saturated heterocycles. The van der Waals surface area contributed by atoms with Gasteiger partial charge in [-0.05, 0) is 0 Å². The Labute approximate surface area is 87.0 Å². The summed E-state index contributed by atoms with van der Waals surface area (Å²) in [6.45, 7) is 1.80. The minimum Gasteiger partial charge on any atom is -0.465 e. The van der Waals surface area contributed by atoms with Crippen LogP contribution in [0.25, 0.3) is 0 Å². The number of nitrogens with zero attached hydrogens (tertiary/aromatic N) is 3. The van der Waals surface area contributed by atoms with E-state index >= 15 is 0 Å². The summed E-state index contributed by atoms with van der Waals surface area (Å²) in [7, 11) is 0. The summed E-state index contributed by atoms with van der Waals surface area (Å²) in [5.41, 5.74) is 0.826. The Hall–Kier alpha value is -1.69. The van der Waals surface area contributed by atoms with Crippen molar-refractivity contribution in [1.82, 2.24) is 20.2 Å². The smallest absolute Gasteiger partial charge is 0.407 e. The van der Waals surface area contributed by atoms with Crippen LogP contribution >= 0.6 is 0 Å². The molecule has 1 aromatic rings. The third-order valence-electron chi connectivity index (χ3n) is 2.45. The lowest BCUT2D eigenvalue weighted by molar-refractivity contribution is 0.112. The number of carbonyl (C=O) groups is 1. The Kier molecular flexibility index (Phi) is 2.77. The van der Waals surface area contributed by atoms with Gasteiger partial charge in [-0.1, -0.05) is 0 Å². The highest BCUT2D eigenvalue weighted by molar-refractivity contribution is 5.66. The lowest BCUT2D eigenvalue weighted by atomic mass is 10.1. The number of amides is 1. The van der Waals surface area contributed by atoms with Crippen molar-refractivity contribution in [2.24, 2.45) is 0 Å². The summed E-state index contributed by atoms with van der Waals surface area (Å²) < 4.78 is 0. The molecule has 0 bridgehead atoms. The molecule has 0 spiro atoms. The van der Waals surface area contributed by atoms with Crippen LogP contribution in [-0.2, 0) is 0 Å². The molecule has 80 valence electrons. The first-order valence-corrected chi connectivity index (χ1v) is 4.74. The van der Waals surface area contributed by atoms with Crippen LogP contribution in [0.2, 0.25) is 0 Å². The molecule has 15 heavy (non-hydrogen) atoms. The third kappa shape index (κ3) is 2.04. The number of hydrogen-bond acceptors (Lipinski definition) is 4. The SMILES string of the molecule is O=C(O)N1CCNCC1c1cncnc1. The monoisotopic (exact) mass is 208 g/mol. The molecule has 2 heterocycles. The summed E-state index contributed by atoms with van der Waals surface area (Å²) in [5, 5.41) is 12.2. The topological polar surface area (TPSA) is 78.4 Å². The van der Waals surface area contributed by atoms with Gasteiger partial charge in [0.25, 0.3) is 0 Å². The molecule has 2 N–H and O–H groups in total. The van der Waals surface area contributed by atoms with Crippen molar-refractivity contribution in [2.75, 3.05) is 19.6 Å². The van der Waals surface area contributed by atoms with Crippen LogP contribution in [0.15, 0.2) is 18.7 Å². The molecule has 1 unspecified atom stereocenters. The van der Waals surface area contributed by atoms with Gasteiger partial charge in [0.1, 0.15) is 6.33 Å². The summed E-state index contributed by atoms with van der Waals surface area (Å²) in [4.78, 5) is 20.2. The van der Waals surface area contributed by atoms with Crippen molar-refractivity contribution >= 4 is 6.09 Å². The second kappa shape index (κ2) is 4.22. The van der Waals surface area contributed by atoms with Crippen LogP contribution in [0.4, 0.5) is 4.79 Å². The van der Waals surface area contributed by atoms with Crippen molar-refractivity contribution in [3.8, 4) is 0 Å². The van der Waals surface area contributed by atoms with Crippen molar-refractivity contribution in [1.29, 1.82) is 0 Å². The molecule has 1 aromatic heterocycles. The predicted molar refractivity (Wildman–Crippen MR) is 52.4 cm³/mol. The number of aromatic nitrogens is 2. The fourth-order valence-electron chi connectivity index (χ4n) is 1.71. The Bertz CT molecular complexity index is 343. The van der Waals surface area contributed by atoms with E-state index in [0.717, 1.165) is 5.56 Å². The summed E-state index contributed by atoms with van der Waals surface area (Å²) in [6, 6.07) is -0.183. The Balaban J connectivity index is 2.22. The summed E-state index contributed by atoms with van der Waals surface area (Å²) >= 11 is 0. The van der Waals surface area contributed by atoms with Crippen molar-refractivity contribution < 1.29 is 9.90 Å². The molecule has 2 rings (SSSR count). The first kappa shape index (κ1) is 9.85. The lowest BCUT2D eigenvalue weighted by Gasteiger charge is -2.33. The zero-order valence-corrected chi connectivity index (χ0v) is 8.13. The average molecular weight is 208 g/mol. The molecule has 0 saturated carbocycles. The van der Waals surface area contributed by atoms with E-state index in [4.69, 9.17) is 5.11 Å². The van der Waals surface area contributed by atoms with Gasteiger partial charge in [0.2, 0.25) is 0 Å². The second-order valence-corrected chi connectivity index (χ2v) is 3.37. The van der Waals surface area contributed by atoms with Gasteiger partial charge >= 0.3 is 6.09 Å². The van der Waals surface area contributed by atoms with E-state index in [1.54, 1.807) is 12.4 Å². The van der Waals surface area contributed by atoms with Crippen LogP contribution in [0.1, 0.15) is 11.6 Å². The largest absolute Gasteiger partial charge is 0.465 e. The molecule has 1 fully saturated rings. The standard InChI is InChI=1S/C9H12N4O2/c14-9(15)13-2-1-10-5-8(13)7-3-11-6-12-4-7/h3-4,6,8,10H,1-2,5H2,(H,14,15). The first-order valence-electron chi connectivity index (χ1n) is 4.74. The lowest BCUT2D eigenvalue weighted by Crippen LogP contribution is -2.48. The number of carboxylic acid groups (broad SMARTS) is 1. The Morgan fingerprint density at radius 1 is 1.53 bits per heavy atom.